The van der Waals surface area contributed by atoms with Crippen molar-refractivity contribution in [3.05, 3.63) is 0 Å². The maximum atomic E-state index is 5.62. The molecule has 1 heterocycles. The summed E-state index contributed by atoms with van der Waals surface area (Å²) in [6.07, 6.45) is 2.41. The van der Waals surface area contributed by atoms with Gasteiger partial charge in [0.25, 0.3) is 0 Å². The van der Waals surface area contributed by atoms with E-state index in [0.717, 1.165) is 52.0 Å². The second-order valence-electron chi connectivity index (χ2n) is 7.14. The Morgan fingerprint density at radius 1 is 1.16 bits per heavy atom. The van der Waals surface area contributed by atoms with Crippen LogP contribution in [-0.4, -0.2) is 76.6 Å². The lowest BCUT2D eigenvalue weighted by atomic mass is 9.92. The van der Waals surface area contributed by atoms with E-state index in [2.05, 4.69) is 48.2 Å². The summed E-state index contributed by atoms with van der Waals surface area (Å²) in [5.41, 5.74) is 0. The summed E-state index contributed by atoms with van der Waals surface area (Å²) in [6, 6.07) is 0.523. The minimum atomic E-state index is 0.523. The van der Waals surface area contributed by atoms with Crippen LogP contribution < -0.4 is 10.6 Å². The van der Waals surface area contributed by atoms with Gasteiger partial charge in [0, 0.05) is 45.9 Å². The lowest BCUT2D eigenvalue weighted by Crippen LogP contribution is -2.53. The maximum absolute atomic E-state index is 5.62. The number of guanidine groups is 1. The van der Waals surface area contributed by atoms with Gasteiger partial charge in [-0.25, -0.2) is 0 Å². The molecule has 0 amide bonds. The van der Waals surface area contributed by atoms with Gasteiger partial charge in [0.15, 0.2) is 5.96 Å². The van der Waals surface area contributed by atoms with Crippen LogP contribution in [0.3, 0.4) is 0 Å². The molecule has 6 nitrogen and oxygen atoms in total. The molecule has 1 rings (SSSR count). The fourth-order valence-corrected chi connectivity index (χ4v) is 3.32. The molecule has 2 N–H and O–H groups in total. The van der Waals surface area contributed by atoms with E-state index >= 15 is 0 Å². The number of nitrogens with one attached hydrogen (secondary N) is 2. The Morgan fingerprint density at radius 2 is 1.84 bits per heavy atom. The number of rotatable bonds is 11. The molecule has 0 radical (unpaired) electrons. The third-order valence-corrected chi connectivity index (χ3v) is 4.80. The van der Waals surface area contributed by atoms with Crippen molar-refractivity contribution in [3.8, 4) is 0 Å². The zero-order valence-electron chi connectivity index (χ0n) is 17.0. The van der Waals surface area contributed by atoms with Crippen molar-refractivity contribution < 1.29 is 9.47 Å². The Balaban J connectivity index is 2.43. The highest BCUT2D eigenvalue weighted by atomic mass is 16.5. The molecule has 0 aliphatic carbocycles. The van der Waals surface area contributed by atoms with Crippen LogP contribution in [0.5, 0.6) is 0 Å². The largest absolute Gasteiger partial charge is 0.379 e. The summed E-state index contributed by atoms with van der Waals surface area (Å²) >= 11 is 0. The number of hydrogen-bond donors (Lipinski definition) is 2. The van der Waals surface area contributed by atoms with E-state index < -0.39 is 0 Å². The average molecular weight is 357 g/mol. The molecule has 0 bridgehead atoms. The van der Waals surface area contributed by atoms with Crippen LogP contribution in [0, 0.1) is 11.8 Å². The van der Waals surface area contributed by atoms with Gasteiger partial charge in [0.2, 0.25) is 0 Å². The molecule has 0 spiro atoms. The van der Waals surface area contributed by atoms with Crippen LogP contribution in [0.1, 0.15) is 40.5 Å². The molecule has 6 heteroatoms. The average Bonchev–Trinajstić information content (AvgIpc) is 2.63. The molecular weight excluding hydrogens is 316 g/mol. The van der Waals surface area contributed by atoms with Crippen molar-refractivity contribution in [1.82, 2.24) is 15.5 Å². The molecule has 1 aliphatic heterocycles. The molecule has 0 saturated carbocycles. The Bertz CT molecular complexity index is 353. The van der Waals surface area contributed by atoms with E-state index in [0.29, 0.717) is 24.5 Å². The minimum Gasteiger partial charge on any atom is -0.379 e. The van der Waals surface area contributed by atoms with E-state index in [4.69, 9.17) is 9.47 Å². The predicted molar refractivity (Wildman–Crippen MR) is 105 cm³/mol. The minimum absolute atomic E-state index is 0.523. The fraction of sp³-hybridized carbons (Fsp3) is 0.947. The highest BCUT2D eigenvalue weighted by Crippen LogP contribution is 2.19. The van der Waals surface area contributed by atoms with E-state index in [1.165, 1.54) is 12.8 Å². The Kier molecular flexibility index (Phi) is 11.9. The van der Waals surface area contributed by atoms with Crippen LogP contribution >= 0.6 is 0 Å². The Labute approximate surface area is 154 Å². The molecule has 25 heavy (non-hydrogen) atoms. The van der Waals surface area contributed by atoms with E-state index in [9.17, 15) is 0 Å². The molecule has 0 aromatic heterocycles. The van der Waals surface area contributed by atoms with Gasteiger partial charge in [-0.2, -0.15) is 0 Å². The number of aliphatic imine (C=N–C) groups is 1. The van der Waals surface area contributed by atoms with Gasteiger partial charge in [-0.1, -0.05) is 40.5 Å². The first-order chi connectivity index (χ1) is 12.1. The number of nitrogens with zero attached hydrogens (tertiary/aromatic N) is 2. The van der Waals surface area contributed by atoms with E-state index in [-0.39, 0.29) is 0 Å². The zero-order chi connectivity index (χ0) is 18.5. The van der Waals surface area contributed by atoms with Crippen LogP contribution in [-0.2, 0) is 9.47 Å². The molecule has 1 unspecified atom stereocenters. The van der Waals surface area contributed by atoms with Crippen molar-refractivity contribution >= 4 is 5.96 Å². The second kappa shape index (κ2) is 13.4. The molecule has 0 aromatic rings. The SMILES string of the molecule is CCC(CC)C(CNC(=NC)NCCOCC(C)C)N1CCOCC1. The topological polar surface area (TPSA) is 58.1 Å². The second-order valence-corrected chi connectivity index (χ2v) is 7.14. The smallest absolute Gasteiger partial charge is 0.191 e. The Hall–Kier alpha value is -0.850. The highest BCUT2D eigenvalue weighted by molar-refractivity contribution is 5.79. The summed E-state index contributed by atoms with van der Waals surface area (Å²) < 4.78 is 11.1. The maximum Gasteiger partial charge on any atom is 0.191 e. The lowest BCUT2D eigenvalue weighted by Gasteiger charge is -2.39. The van der Waals surface area contributed by atoms with Gasteiger partial charge in [-0.15, -0.1) is 0 Å². The third kappa shape index (κ3) is 8.88. The standard InChI is InChI=1S/C19H40N4O2/c1-6-17(7-2)18(23-9-12-24-13-10-23)14-22-19(20-5)21-8-11-25-15-16(3)4/h16-18H,6-15H2,1-5H3,(H2,20,21,22). The van der Waals surface area contributed by atoms with Crippen LogP contribution in [0.25, 0.3) is 0 Å². The first-order valence-corrected chi connectivity index (χ1v) is 9.96. The van der Waals surface area contributed by atoms with Crippen LogP contribution in [0.4, 0.5) is 0 Å². The fourth-order valence-electron chi connectivity index (χ4n) is 3.32. The normalized spacial score (nSPS) is 18.0. The molecule has 1 atom stereocenters. The van der Waals surface area contributed by atoms with Crippen molar-refractivity contribution in [2.75, 3.05) is 59.7 Å². The Morgan fingerprint density at radius 3 is 2.40 bits per heavy atom. The molecule has 1 saturated heterocycles. The summed E-state index contributed by atoms with van der Waals surface area (Å²) in [4.78, 5) is 6.92. The van der Waals surface area contributed by atoms with Crippen molar-refractivity contribution in [1.29, 1.82) is 0 Å². The summed E-state index contributed by atoms with van der Waals surface area (Å²) in [7, 11) is 1.82. The van der Waals surface area contributed by atoms with Gasteiger partial charge in [-0.3, -0.25) is 9.89 Å². The van der Waals surface area contributed by atoms with Gasteiger partial charge >= 0.3 is 0 Å². The van der Waals surface area contributed by atoms with Crippen molar-refractivity contribution in [3.63, 3.8) is 0 Å². The lowest BCUT2D eigenvalue weighted by molar-refractivity contribution is 0.00271. The highest BCUT2D eigenvalue weighted by Gasteiger charge is 2.26. The number of morpholine rings is 1. The monoisotopic (exact) mass is 356 g/mol. The number of ether oxygens (including phenoxy) is 2. The van der Waals surface area contributed by atoms with E-state index in [1.807, 2.05) is 7.05 Å². The first-order valence-electron chi connectivity index (χ1n) is 9.96. The quantitative estimate of drug-likeness (QED) is 0.337. The van der Waals surface area contributed by atoms with Crippen molar-refractivity contribution in [2.24, 2.45) is 16.8 Å². The van der Waals surface area contributed by atoms with Crippen LogP contribution in [0.2, 0.25) is 0 Å². The predicted octanol–water partition coefficient (Wildman–Crippen LogP) is 1.96. The van der Waals surface area contributed by atoms with Crippen molar-refractivity contribution in [2.45, 2.75) is 46.6 Å². The molecule has 1 fully saturated rings. The molecular formula is C19H40N4O2. The zero-order valence-corrected chi connectivity index (χ0v) is 17.0. The van der Waals surface area contributed by atoms with Gasteiger partial charge in [0.05, 0.1) is 19.8 Å². The summed E-state index contributed by atoms with van der Waals surface area (Å²) in [5.74, 6) is 2.13. The summed E-state index contributed by atoms with van der Waals surface area (Å²) in [6.45, 7) is 15.9. The molecule has 1 aliphatic rings. The first kappa shape index (κ1) is 22.2. The van der Waals surface area contributed by atoms with Crippen LogP contribution in [0.15, 0.2) is 4.99 Å². The molecule has 0 aromatic carbocycles. The molecule has 148 valence electrons. The van der Waals surface area contributed by atoms with Gasteiger partial charge < -0.3 is 20.1 Å². The third-order valence-electron chi connectivity index (χ3n) is 4.80. The van der Waals surface area contributed by atoms with Gasteiger partial charge in [0.1, 0.15) is 0 Å². The van der Waals surface area contributed by atoms with Gasteiger partial charge in [-0.05, 0) is 11.8 Å². The van der Waals surface area contributed by atoms with E-state index in [1.54, 1.807) is 0 Å². The summed E-state index contributed by atoms with van der Waals surface area (Å²) in [5, 5.41) is 6.86. The number of hydrogen-bond acceptors (Lipinski definition) is 4.